The van der Waals surface area contributed by atoms with E-state index >= 15 is 0 Å². The van der Waals surface area contributed by atoms with Gasteiger partial charge in [-0.15, -0.1) is 11.8 Å². The van der Waals surface area contributed by atoms with Crippen LogP contribution in [0.5, 0.6) is 0 Å². The molecule has 0 spiro atoms. The minimum atomic E-state index is 1.10. The van der Waals surface area contributed by atoms with Crippen LogP contribution in [0.25, 0.3) is 0 Å². The molecular weight excluding hydrogens is 228 g/mol. The van der Waals surface area contributed by atoms with Crippen molar-refractivity contribution in [3.05, 3.63) is 24.3 Å². The van der Waals surface area contributed by atoms with Crippen LogP contribution in [0.3, 0.4) is 0 Å². The fraction of sp³-hybridized carbons (Fsp3) is 0.571. The standard InChI is InChI=1S/C14H24N2S/c1-4-5-6-7-12-16(2)15-13-8-10-14(17-3)11-9-13/h8-11,15H,4-7,12H2,1-3H3. The van der Waals surface area contributed by atoms with Gasteiger partial charge in [-0.3, -0.25) is 0 Å². The third-order valence-corrected chi connectivity index (χ3v) is 3.50. The van der Waals surface area contributed by atoms with Crippen molar-refractivity contribution in [3.8, 4) is 0 Å². The molecule has 17 heavy (non-hydrogen) atoms. The van der Waals surface area contributed by atoms with Crippen LogP contribution in [0, 0.1) is 0 Å². The molecule has 0 aromatic heterocycles. The number of unbranched alkanes of at least 4 members (excludes halogenated alkanes) is 3. The number of benzene rings is 1. The predicted octanol–water partition coefficient (Wildman–Crippen LogP) is 4.25. The van der Waals surface area contributed by atoms with Crippen molar-refractivity contribution in [2.75, 3.05) is 25.3 Å². The lowest BCUT2D eigenvalue weighted by molar-refractivity contribution is 0.385. The molecule has 0 saturated carbocycles. The molecule has 1 rings (SSSR count). The molecule has 0 heterocycles. The van der Waals surface area contributed by atoms with Crippen LogP contribution in [0.2, 0.25) is 0 Å². The zero-order valence-electron chi connectivity index (χ0n) is 11.2. The molecule has 1 aromatic rings. The van der Waals surface area contributed by atoms with E-state index in [9.17, 15) is 0 Å². The number of hydrogen-bond donors (Lipinski definition) is 1. The predicted molar refractivity (Wildman–Crippen MR) is 78.6 cm³/mol. The molecule has 0 atom stereocenters. The Morgan fingerprint density at radius 3 is 2.41 bits per heavy atom. The highest BCUT2D eigenvalue weighted by Gasteiger charge is 1.98. The quantitative estimate of drug-likeness (QED) is 0.423. The first-order chi connectivity index (χ1) is 8.26. The zero-order valence-corrected chi connectivity index (χ0v) is 12.0. The van der Waals surface area contributed by atoms with E-state index in [0.717, 1.165) is 6.54 Å². The number of rotatable bonds is 8. The molecule has 1 N–H and O–H groups in total. The summed E-state index contributed by atoms with van der Waals surface area (Å²) in [6.45, 7) is 3.35. The van der Waals surface area contributed by atoms with Gasteiger partial charge in [0.2, 0.25) is 0 Å². The third-order valence-electron chi connectivity index (χ3n) is 2.76. The first kappa shape index (κ1) is 14.4. The summed E-state index contributed by atoms with van der Waals surface area (Å²) in [5, 5.41) is 2.17. The molecule has 1 aromatic carbocycles. The van der Waals surface area contributed by atoms with Crippen LogP contribution in [0.15, 0.2) is 29.2 Å². The van der Waals surface area contributed by atoms with Crippen LogP contribution in [-0.2, 0) is 0 Å². The summed E-state index contributed by atoms with van der Waals surface area (Å²) >= 11 is 1.77. The lowest BCUT2D eigenvalue weighted by Crippen LogP contribution is -2.26. The second kappa shape index (κ2) is 8.43. The Balaban J connectivity index is 2.26. The van der Waals surface area contributed by atoms with E-state index in [1.807, 2.05) is 0 Å². The summed E-state index contributed by atoms with van der Waals surface area (Å²) < 4.78 is 0. The molecule has 0 saturated heterocycles. The molecule has 3 heteroatoms. The smallest absolute Gasteiger partial charge is 0.0490 e. The summed E-state index contributed by atoms with van der Waals surface area (Å²) in [6, 6.07) is 8.57. The molecule has 0 amide bonds. The molecule has 96 valence electrons. The Labute approximate surface area is 110 Å². The second-order valence-electron chi connectivity index (χ2n) is 4.32. The molecule has 0 radical (unpaired) electrons. The summed E-state index contributed by atoms with van der Waals surface area (Å²) in [4.78, 5) is 1.31. The third kappa shape index (κ3) is 5.99. The molecule has 0 fully saturated rings. The highest BCUT2D eigenvalue weighted by atomic mass is 32.2. The number of thioether (sulfide) groups is 1. The van der Waals surface area contributed by atoms with Crippen molar-refractivity contribution in [3.63, 3.8) is 0 Å². The number of nitrogens with one attached hydrogen (secondary N) is 1. The largest absolute Gasteiger partial charge is 0.319 e. The van der Waals surface area contributed by atoms with E-state index < -0.39 is 0 Å². The monoisotopic (exact) mass is 252 g/mol. The molecule has 0 bridgehead atoms. The maximum atomic E-state index is 3.39. The Morgan fingerprint density at radius 1 is 1.12 bits per heavy atom. The first-order valence-electron chi connectivity index (χ1n) is 6.38. The summed E-state index contributed by atoms with van der Waals surface area (Å²) in [5.41, 5.74) is 4.56. The van der Waals surface area contributed by atoms with Crippen molar-refractivity contribution >= 4 is 17.4 Å². The minimum absolute atomic E-state index is 1.10. The maximum Gasteiger partial charge on any atom is 0.0490 e. The van der Waals surface area contributed by atoms with E-state index in [-0.39, 0.29) is 0 Å². The van der Waals surface area contributed by atoms with E-state index in [1.54, 1.807) is 11.8 Å². The number of anilines is 1. The SMILES string of the molecule is CCCCCCN(C)Nc1ccc(SC)cc1. The molecule has 0 unspecified atom stereocenters. The van der Waals surface area contributed by atoms with Crippen LogP contribution in [-0.4, -0.2) is 24.9 Å². The van der Waals surface area contributed by atoms with Gasteiger partial charge in [-0.2, -0.15) is 0 Å². The van der Waals surface area contributed by atoms with Gasteiger partial charge in [0.15, 0.2) is 0 Å². The van der Waals surface area contributed by atoms with Crippen LogP contribution < -0.4 is 5.43 Å². The summed E-state index contributed by atoms with van der Waals surface area (Å²) in [7, 11) is 2.11. The Bertz CT molecular complexity index is 298. The van der Waals surface area contributed by atoms with Gasteiger partial charge >= 0.3 is 0 Å². The highest BCUT2D eigenvalue weighted by Crippen LogP contribution is 2.17. The number of nitrogens with zero attached hydrogens (tertiary/aromatic N) is 1. The van der Waals surface area contributed by atoms with Gasteiger partial charge < -0.3 is 5.43 Å². The Morgan fingerprint density at radius 2 is 1.82 bits per heavy atom. The fourth-order valence-corrected chi connectivity index (χ4v) is 2.13. The average molecular weight is 252 g/mol. The van der Waals surface area contributed by atoms with E-state index in [1.165, 1.54) is 36.3 Å². The van der Waals surface area contributed by atoms with Gasteiger partial charge in [-0.05, 0) is 36.9 Å². The van der Waals surface area contributed by atoms with Gasteiger partial charge in [-0.25, -0.2) is 5.01 Å². The van der Waals surface area contributed by atoms with Crippen molar-refractivity contribution in [2.45, 2.75) is 37.5 Å². The van der Waals surface area contributed by atoms with Crippen LogP contribution in [0.1, 0.15) is 32.6 Å². The van der Waals surface area contributed by atoms with Gasteiger partial charge in [-0.1, -0.05) is 26.2 Å². The Hall–Kier alpha value is -0.670. The van der Waals surface area contributed by atoms with Crippen molar-refractivity contribution in [1.29, 1.82) is 0 Å². The van der Waals surface area contributed by atoms with Gasteiger partial charge in [0.25, 0.3) is 0 Å². The molecular formula is C14H24N2S. The molecule has 0 aliphatic carbocycles. The maximum absolute atomic E-state index is 3.39. The summed E-state index contributed by atoms with van der Waals surface area (Å²) in [6.07, 6.45) is 7.33. The molecule has 2 nitrogen and oxygen atoms in total. The Kier molecular flexibility index (Phi) is 7.13. The number of hydrogen-bond acceptors (Lipinski definition) is 3. The lowest BCUT2D eigenvalue weighted by atomic mass is 10.2. The van der Waals surface area contributed by atoms with Crippen LogP contribution >= 0.6 is 11.8 Å². The second-order valence-corrected chi connectivity index (χ2v) is 5.20. The van der Waals surface area contributed by atoms with E-state index in [2.05, 4.69) is 54.9 Å². The van der Waals surface area contributed by atoms with Crippen molar-refractivity contribution < 1.29 is 0 Å². The highest BCUT2D eigenvalue weighted by molar-refractivity contribution is 7.98. The minimum Gasteiger partial charge on any atom is -0.319 e. The lowest BCUT2D eigenvalue weighted by Gasteiger charge is -2.19. The molecule has 0 aliphatic heterocycles. The average Bonchev–Trinajstić information content (AvgIpc) is 2.36. The van der Waals surface area contributed by atoms with E-state index in [0.29, 0.717) is 0 Å². The normalized spacial score (nSPS) is 10.8. The topological polar surface area (TPSA) is 15.3 Å². The van der Waals surface area contributed by atoms with Gasteiger partial charge in [0, 0.05) is 24.2 Å². The van der Waals surface area contributed by atoms with Crippen LogP contribution in [0.4, 0.5) is 5.69 Å². The first-order valence-corrected chi connectivity index (χ1v) is 7.60. The fourth-order valence-electron chi connectivity index (χ4n) is 1.72. The van der Waals surface area contributed by atoms with Crippen molar-refractivity contribution in [1.82, 2.24) is 5.01 Å². The van der Waals surface area contributed by atoms with Crippen molar-refractivity contribution in [2.24, 2.45) is 0 Å². The zero-order chi connectivity index (χ0) is 12.5. The van der Waals surface area contributed by atoms with Gasteiger partial charge in [0.1, 0.15) is 0 Å². The van der Waals surface area contributed by atoms with Gasteiger partial charge in [0.05, 0.1) is 0 Å². The summed E-state index contributed by atoms with van der Waals surface area (Å²) in [5.74, 6) is 0. The number of hydrazine groups is 1. The van der Waals surface area contributed by atoms with E-state index in [4.69, 9.17) is 0 Å². The molecule has 0 aliphatic rings.